The second-order valence-corrected chi connectivity index (χ2v) is 11.6. The Morgan fingerprint density at radius 3 is 2.66 bits per heavy atom. The summed E-state index contributed by atoms with van der Waals surface area (Å²) in [5, 5.41) is 2.23. The van der Waals surface area contributed by atoms with Gasteiger partial charge >= 0.3 is 0 Å². The molecule has 0 saturated carbocycles. The van der Waals surface area contributed by atoms with Crippen molar-refractivity contribution in [3.8, 4) is 11.5 Å². The molecule has 1 saturated heterocycles. The topological polar surface area (TPSA) is 38.8 Å². The van der Waals surface area contributed by atoms with Crippen LogP contribution in [0.2, 0.25) is 5.02 Å². The highest BCUT2D eigenvalue weighted by Crippen LogP contribution is 2.40. The van der Waals surface area contributed by atoms with E-state index in [4.69, 9.17) is 33.3 Å². The third-order valence-corrected chi connectivity index (χ3v) is 8.23. The quantitative estimate of drug-likeness (QED) is 0.111. The Balaban J connectivity index is 1.42. The van der Waals surface area contributed by atoms with Gasteiger partial charge in [0.1, 0.15) is 12.4 Å². The molecule has 0 atom stereocenters. The van der Waals surface area contributed by atoms with Crippen LogP contribution in [0.5, 0.6) is 11.5 Å². The van der Waals surface area contributed by atoms with Gasteiger partial charge in [-0.3, -0.25) is 9.69 Å². The van der Waals surface area contributed by atoms with Crippen LogP contribution in [0.25, 0.3) is 16.8 Å². The summed E-state index contributed by atoms with van der Waals surface area (Å²) >= 11 is 14.8. The van der Waals surface area contributed by atoms with Crippen molar-refractivity contribution in [2.24, 2.45) is 0 Å². The number of rotatable bonds is 7. The molecule has 9 heteroatoms. The van der Waals surface area contributed by atoms with Crippen molar-refractivity contribution >= 4 is 90.9 Å². The summed E-state index contributed by atoms with van der Waals surface area (Å²) < 4.78 is 27.0. The number of hydrogen-bond donors (Lipinski definition) is 0. The zero-order valence-corrected chi connectivity index (χ0v) is 24.6. The Bertz CT molecular complexity index is 1610. The second kappa shape index (κ2) is 11.6. The molecule has 4 nitrogen and oxygen atoms in total. The summed E-state index contributed by atoms with van der Waals surface area (Å²) in [6.45, 7) is 2.75. The van der Waals surface area contributed by atoms with Crippen LogP contribution in [-0.4, -0.2) is 16.8 Å². The van der Waals surface area contributed by atoms with Gasteiger partial charge in [0.15, 0.2) is 15.8 Å². The van der Waals surface area contributed by atoms with Crippen LogP contribution in [-0.2, 0) is 11.4 Å². The Labute approximate surface area is 247 Å². The Hall–Kier alpha value is -2.66. The minimum atomic E-state index is -0.558. The Morgan fingerprint density at radius 2 is 1.87 bits per heavy atom. The summed E-state index contributed by atoms with van der Waals surface area (Å²) in [6.07, 6.45) is 1.77. The molecule has 0 bridgehead atoms. The summed E-state index contributed by atoms with van der Waals surface area (Å²) in [5.74, 6) is 0.377. The van der Waals surface area contributed by atoms with Gasteiger partial charge in [0, 0.05) is 0 Å². The van der Waals surface area contributed by atoms with Gasteiger partial charge in [-0.25, -0.2) is 4.39 Å². The van der Waals surface area contributed by atoms with E-state index < -0.39 is 5.82 Å². The lowest BCUT2D eigenvalue weighted by Crippen LogP contribution is -2.27. The highest BCUT2D eigenvalue weighted by atomic mass is 127. The zero-order chi connectivity index (χ0) is 26.8. The number of thioether (sulfide) groups is 1. The first-order valence-electron chi connectivity index (χ1n) is 11.6. The SMILES string of the molecule is CCOc1cc(/C=C2/SC(=S)N(c3ccc(F)c(Cl)c3)C2=O)cc(I)c1OCc1cccc2ccccc12. The van der Waals surface area contributed by atoms with Gasteiger partial charge in [-0.1, -0.05) is 78.0 Å². The first-order chi connectivity index (χ1) is 18.4. The number of benzene rings is 4. The first kappa shape index (κ1) is 26.9. The number of hydrogen-bond acceptors (Lipinski definition) is 5. The van der Waals surface area contributed by atoms with Crippen molar-refractivity contribution in [3.63, 3.8) is 0 Å². The van der Waals surface area contributed by atoms with Crippen LogP contribution in [0.4, 0.5) is 10.1 Å². The van der Waals surface area contributed by atoms with Gasteiger partial charge in [-0.15, -0.1) is 0 Å². The highest BCUT2D eigenvalue weighted by Gasteiger charge is 2.33. The van der Waals surface area contributed by atoms with E-state index in [0.29, 0.717) is 39.6 Å². The second-order valence-electron chi connectivity index (χ2n) is 8.31. The van der Waals surface area contributed by atoms with Crippen molar-refractivity contribution in [1.29, 1.82) is 0 Å². The molecular formula is C29H20ClFINO3S2. The number of amides is 1. The molecule has 0 radical (unpaired) electrons. The molecule has 1 amide bonds. The van der Waals surface area contributed by atoms with Gasteiger partial charge in [-0.2, -0.15) is 0 Å². The van der Waals surface area contributed by atoms with Gasteiger partial charge in [0.05, 0.1) is 25.8 Å². The number of fused-ring (bicyclic) bond motifs is 1. The monoisotopic (exact) mass is 675 g/mol. The van der Waals surface area contributed by atoms with Crippen molar-refractivity contribution < 1.29 is 18.7 Å². The summed E-state index contributed by atoms with van der Waals surface area (Å²) in [7, 11) is 0. The lowest BCUT2D eigenvalue weighted by molar-refractivity contribution is -0.113. The fraction of sp³-hybridized carbons (Fsp3) is 0.103. The molecule has 1 aliphatic heterocycles. The van der Waals surface area contributed by atoms with Gasteiger partial charge in [-0.05, 0) is 87.8 Å². The van der Waals surface area contributed by atoms with Crippen molar-refractivity contribution in [1.82, 2.24) is 0 Å². The van der Waals surface area contributed by atoms with E-state index in [1.54, 1.807) is 6.08 Å². The molecule has 0 unspecified atom stereocenters. The molecule has 38 heavy (non-hydrogen) atoms. The lowest BCUT2D eigenvalue weighted by atomic mass is 10.1. The molecule has 1 aliphatic rings. The first-order valence-corrected chi connectivity index (χ1v) is 14.3. The molecule has 0 aliphatic carbocycles. The fourth-order valence-corrected chi connectivity index (χ4v) is 6.36. The molecule has 4 aromatic carbocycles. The van der Waals surface area contributed by atoms with Crippen LogP contribution >= 0.6 is 58.2 Å². The number of thiocarbonyl (C=S) groups is 1. The van der Waals surface area contributed by atoms with E-state index in [9.17, 15) is 9.18 Å². The average molecular weight is 676 g/mol. The minimum absolute atomic E-state index is 0.0736. The van der Waals surface area contributed by atoms with Gasteiger partial charge in [0.2, 0.25) is 0 Å². The molecule has 5 rings (SSSR count). The molecule has 0 aromatic heterocycles. The molecule has 1 heterocycles. The van der Waals surface area contributed by atoms with E-state index in [0.717, 1.165) is 25.5 Å². The number of anilines is 1. The molecular weight excluding hydrogens is 656 g/mol. The summed E-state index contributed by atoms with van der Waals surface area (Å²) in [4.78, 5) is 15.0. The van der Waals surface area contributed by atoms with Crippen LogP contribution in [0.15, 0.2) is 77.7 Å². The maximum Gasteiger partial charge on any atom is 0.270 e. The van der Waals surface area contributed by atoms with E-state index in [2.05, 4.69) is 46.9 Å². The van der Waals surface area contributed by atoms with Crippen LogP contribution in [0.1, 0.15) is 18.1 Å². The average Bonchev–Trinajstić information content (AvgIpc) is 3.17. The maximum atomic E-state index is 13.6. The standard InChI is InChI=1S/C29H20ClFINO3S2/c1-2-35-25-13-17(14-26-28(34)33(29(37)38-26)20-10-11-23(31)22(30)15-20)12-24(32)27(25)36-16-19-8-5-7-18-6-3-4-9-21(18)19/h3-15H,2,16H2,1H3/b26-14+. The number of ether oxygens (including phenoxy) is 2. The van der Waals surface area contributed by atoms with Crippen LogP contribution in [0, 0.1) is 9.39 Å². The van der Waals surface area contributed by atoms with E-state index in [1.165, 1.54) is 34.9 Å². The molecule has 192 valence electrons. The maximum absolute atomic E-state index is 13.6. The van der Waals surface area contributed by atoms with E-state index in [-0.39, 0.29) is 10.9 Å². The smallest absolute Gasteiger partial charge is 0.270 e. The minimum Gasteiger partial charge on any atom is -0.490 e. The van der Waals surface area contributed by atoms with Crippen LogP contribution < -0.4 is 14.4 Å². The van der Waals surface area contributed by atoms with Gasteiger partial charge in [0.25, 0.3) is 5.91 Å². The predicted molar refractivity (Wildman–Crippen MR) is 166 cm³/mol. The molecule has 1 fully saturated rings. The van der Waals surface area contributed by atoms with E-state index in [1.807, 2.05) is 37.3 Å². The van der Waals surface area contributed by atoms with Crippen molar-refractivity contribution in [2.75, 3.05) is 11.5 Å². The third kappa shape index (κ3) is 5.54. The Morgan fingerprint density at radius 1 is 1.08 bits per heavy atom. The van der Waals surface area contributed by atoms with Crippen molar-refractivity contribution in [3.05, 3.63) is 103 Å². The molecule has 0 spiro atoms. The third-order valence-electron chi connectivity index (χ3n) is 5.84. The molecule has 4 aromatic rings. The number of carbonyl (C=O) groups excluding carboxylic acids is 1. The number of carbonyl (C=O) groups is 1. The lowest BCUT2D eigenvalue weighted by Gasteiger charge is -2.16. The fourth-order valence-electron chi connectivity index (χ4n) is 4.11. The van der Waals surface area contributed by atoms with Crippen LogP contribution in [0.3, 0.4) is 0 Å². The van der Waals surface area contributed by atoms with Crippen molar-refractivity contribution in [2.45, 2.75) is 13.5 Å². The number of halogens is 3. The Kier molecular flexibility index (Phi) is 8.23. The van der Waals surface area contributed by atoms with E-state index >= 15 is 0 Å². The molecule has 0 N–H and O–H groups in total. The normalized spacial score (nSPS) is 14.5. The largest absolute Gasteiger partial charge is 0.490 e. The van der Waals surface area contributed by atoms with Gasteiger partial charge < -0.3 is 9.47 Å². The highest BCUT2D eigenvalue weighted by molar-refractivity contribution is 14.1. The summed E-state index contributed by atoms with van der Waals surface area (Å²) in [5.41, 5.74) is 2.27. The summed E-state index contributed by atoms with van der Waals surface area (Å²) in [6, 6.07) is 22.2. The zero-order valence-electron chi connectivity index (χ0n) is 20.0. The predicted octanol–water partition coefficient (Wildman–Crippen LogP) is 8.62. The number of nitrogens with zero attached hydrogens (tertiary/aromatic N) is 1.